The van der Waals surface area contributed by atoms with Crippen molar-refractivity contribution in [1.29, 1.82) is 0 Å². The van der Waals surface area contributed by atoms with Crippen molar-refractivity contribution in [3.8, 4) is 5.75 Å². The smallest absolute Gasteiger partial charge is 0.303 e. The molecule has 0 saturated carbocycles. The van der Waals surface area contributed by atoms with Gasteiger partial charge in [-0.2, -0.15) is 4.39 Å². The van der Waals surface area contributed by atoms with E-state index in [9.17, 15) is 23.5 Å². The van der Waals surface area contributed by atoms with Gasteiger partial charge in [0, 0.05) is 12.3 Å². The van der Waals surface area contributed by atoms with E-state index in [0.29, 0.717) is 38.5 Å². The van der Waals surface area contributed by atoms with Crippen LogP contribution in [0.5, 0.6) is 5.75 Å². The fourth-order valence-corrected chi connectivity index (χ4v) is 2.70. The van der Waals surface area contributed by atoms with Crippen LogP contribution < -0.4 is 4.74 Å². The molecule has 2 N–H and O–H groups in total. The zero-order valence-electron chi connectivity index (χ0n) is 16.1. The van der Waals surface area contributed by atoms with Gasteiger partial charge < -0.3 is 14.9 Å². The van der Waals surface area contributed by atoms with Crippen LogP contribution in [0.2, 0.25) is 0 Å². The number of benzene rings is 1. The largest absolute Gasteiger partial charge is 0.488 e. The van der Waals surface area contributed by atoms with E-state index in [1.54, 1.807) is 0 Å². The number of unbranched alkanes of at least 4 members (excludes halogenated alkanes) is 1. The van der Waals surface area contributed by atoms with Crippen molar-refractivity contribution in [3.05, 3.63) is 42.0 Å². The number of aliphatic hydroxyl groups excluding tert-OH is 1. The van der Waals surface area contributed by atoms with Crippen LogP contribution in [0.25, 0.3) is 0 Å². The molecular weight excluding hydrogens is 370 g/mol. The van der Waals surface area contributed by atoms with Gasteiger partial charge in [-0.15, -0.1) is 0 Å². The first-order chi connectivity index (χ1) is 13.3. The third kappa shape index (κ3) is 9.60. The van der Waals surface area contributed by atoms with Crippen LogP contribution in [0.1, 0.15) is 51.9 Å². The number of halogens is 2. The van der Waals surface area contributed by atoms with Crippen LogP contribution >= 0.6 is 0 Å². The summed E-state index contributed by atoms with van der Waals surface area (Å²) in [5.41, 5.74) is 0. The summed E-state index contributed by atoms with van der Waals surface area (Å²) in [5, 5.41) is 18.5. The molecule has 0 aliphatic heterocycles. The van der Waals surface area contributed by atoms with E-state index in [4.69, 9.17) is 9.84 Å². The summed E-state index contributed by atoms with van der Waals surface area (Å²) < 4.78 is 31.7. The van der Waals surface area contributed by atoms with Crippen LogP contribution in [0.4, 0.5) is 8.78 Å². The molecule has 5 nitrogen and oxygen atoms in total. The number of aliphatic hydroxyl groups is 1. The lowest BCUT2D eigenvalue weighted by molar-refractivity contribution is -0.137. The predicted octanol–water partition coefficient (Wildman–Crippen LogP) is 4.28. The number of carboxylic acid groups (broad SMARTS) is 1. The highest BCUT2D eigenvalue weighted by atomic mass is 19.2. The van der Waals surface area contributed by atoms with E-state index in [1.165, 1.54) is 19.1 Å². The number of Topliss-reactive ketones (excluding diaryl/α,β-unsaturated/α-hetero) is 1. The number of ether oxygens (including phenoxy) is 1. The molecular formula is C21H28F2O5. The molecule has 0 aromatic heterocycles. The number of allylic oxidation sites excluding steroid dienone is 2. The van der Waals surface area contributed by atoms with E-state index in [1.807, 2.05) is 12.2 Å². The lowest BCUT2D eigenvalue weighted by Crippen LogP contribution is -2.19. The van der Waals surface area contributed by atoms with Crippen molar-refractivity contribution in [3.63, 3.8) is 0 Å². The maximum atomic E-state index is 13.5. The normalized spacial score (nSPS) is 13.4. The number of hydrogen-bond acceptors (Lipinski definition) is 4. The quantitative estimate of drug-likeness (QED) is 0.361. The first-order valence-electron chi connectivity index (χ1n) is 9.43. The second kappa shape index (κ2) is 13.0. The van der Waals surface area contributed by atoms with E-state index < -0.39 is 23.7 Å². The monoisotopic (exact) mass is 398 g/mol. The average Bonchev–Trinajstić information content (AvgIpc) is 2.63. The number of aliphatic carboxylic acids is 1. The first kappa shape index (κ1) is 23.8. The molecule has 2 unspecified atom stereocenters. The number of carboxylic acids is 1. The maximum Gasteiger partial charge on any atom is 0.303 e. The first-order valence-corrected chi connectivity index (χ1v) is 9.43. The second-order valence-corrected chi connectivity index (χ2v) is 6.75. The van der Waals surface area contributed by atoms with Crippen LogP contribution in [0.15, 0.2) is 30.4 Å². The Balaban J connectivity index is 2.29. The van der Waals surface area contributed by atoms with Gasteiger partial charge in [0.05, 0.1) is 6.10 Å². The predicted molar refractivity (Wildman–Crippen MR) is 101 cm³/mol. The van der Waals surface area contributed by atoms with Crippen molar-refractivity contribution in [2.24, 2.45) is 5.92 Å². The number of carbonyl (C=O) groups excluding carboxylic acids is 1. The van der Waals surface area contributed by atoms with Crippen molar-refractivity contribution in [2.75, 3.05) is 6.61 Å². The summed E-state index contributed by atoms with van der Waals surface area (Å²) >= 11 is 0. The summed E-state index contributed by atoms with van der Waals surface area (Å²) in [6, 6.07) is 3.60. The Morgan fingerprint density at radius 3 is 2.61 bits per heavy atom. The minimum atomic E-state index is -1.08. The van der Waals surface area contributed by atoms with Crippen LogP contribution in [0.3, 0.4) is 0 Å². The minimum Gasteiger partial charge on any atom is -0.488 e. The molecule has 0 radical (unpaired) electrons. The molecule has 1 aromatic rings. The summed E-state index contributed by atoms with van der Waals surface area (Å²) in [6.07, 6.45) is 6.41. The summed E-state index contributed by atoms with van der Waals surface area (Å²) in [7, 11) is 0. The van der Waals surface area contributed by atoms with Crippen molar-refractivity contribution in [1.82, 2.24) is 0 Å². The topological polar surface area (TPSA) is 83.8 Å². The highest BCUT2D eigenvalue weighted by molar-refractivity contribution is 5.78. The summed E-state index contributed by atoms with van der Waals surface area (Å²) in [6.45, 7) is 1.36. The lowest BCUT2D eigenvalue weighted by Gasteiger charge is -2.15. The van der Waals surface area contributed by atoms with Gasteiger partial charge in [-0.1, -0.05) is 24.6 Å². The SMILES string of the molecule is CC(=O)C(C/C=C\CCCC(=O)O)CCCC(O)COc1cccc(F)c1F. The van der Waals surface area contributed by atoms with Crippen LogP contribution in [0, 0.1) is 17.6 Å². The Morgan fingerprint density at radius 2 is 1.93 bits per heavy atom. The fraction of sp³-hybridized carbons (Fsp3) is 0.524. The highest BCUT2D eigenvalue weighted by Gasteiger charge is 2.15. The molecule has 1 aromatic carbocycles. The van der Waals surface area contributed by atoms with Crippen LogP contribution in [-0.2, 0) is 9.59 Å². The third-order valence-electron chi connectivity index (χ3n) is 4.36. The zero-order chi connectivity index (χ0) is 20.9. The fourth-order valence-electron chi connectivity index (χ4n) is 2.70. The number of carbonyl (C=O) groups is 2. The number of ketones is 1. The standard InChI is InChI=1S/C21H28F2O5/c1-15(24)16(8-4-2-3-5-13-20(26)27)9-6-10-17(25)14-28-19-12-7-11-18(22)21(19)23/h2,4,7,11-12,16-17,25H,3,5-6,8-10,13-14H2,1H3,(H,26,27)/b4-2-. The van der Waals surface area contributed by atoms with Gasteiger partial charge in [0.2, 0.25) is 5.82 Å². The van der Waals surface area contributed by atoms with Crippen molar-refractivity contribution >= 4 is 11.8 Å². The van der Waals surface area contributed by atoms with Gasteiger partial charge in [0.25, 0.3) is 0 Å². The molecule has 0 heterocycles. The van der Waals surface area contributed by atoms with Gasteiger partial charge in [-0.05, 0) is 51.2 Å². The molecule has 1 rings (SSSR count). The van der Waals surface area contributed by atoms with E-state index >= 15 is 0 Å². The number of hydrogen-bond donors (Lipinski definition) is 2. The Bertz CT molecular complexity index is 660. The molecule has 0 saturated heterocycles. The van der Waals surface area contributed by atoms with E-state index in [2.05, 4.69) is 0 Å². The summed E-state index contributed by atoms with van der Waals surface area (Å²) in [4.78, 5) is 22.2. The molecule has 0 amide bonds. The second-order valence-electron chi connectivity index (χ2n) is 6.75. The van der Waals surface area contributed by atoms with Crippen LogP contribution in [-0.4, -0.2) is 34.7 Å². The molecule has 0 aliphatic rings. The number of rotatable bonds is 14. The molecule has 156 valence electrons. The van der Waals surface area contributed by atoms with Crippen molar-refractivity contribution < 1.29 is 33.3 Å². The maximum absolute atomic E-state index is 13.5. The molecule has 0 spiro atoms. The van der Waals surface area contributed by atoms with Gasteiger partial charge in [-0.3, -0.25) is 9.59 Å². The highest BCUT2D eigenvalue weighted by Crippen LogP contribution is 2.20. The molecule has 0 fully saturated rings. The molecule has 0 aliphatic carbocycles. The Hall–Kier alpha value is -2.28. The average molecular weight is 398 g/mol. The van der Waals surface area contributed by atoms with Gasteiger partial charge in [0.15, 0.2) is 11.6 Å². The zero-order valence-corrected chi connectivity index (χ0v) is 16.1. The van der Waals surface area contributed by atoms with Gasteiger partial charge in [0.1, 0.15) is 12.4 Å². The Morgan fingerprint density at radius 1 is 1.18 bits per heavy atom. The van der Waals surface area contributed by atoms with Gasteiger partial charge >= 0.3 is 5.97 Å². The summed E-state index contributed by atoms with van der Waals surface area (Å²) in [5.74, 6) is -3.26. The lowest BCUT2D eigenvalue weighted by atomic mass is 9.93. The molecule has 0 bridgehead atoms. The van der Waals surface area contributed by atoms with E-state index in [-0.39, 0.29) is 30.5 Å². The minimum absolute atomic E-state index is 0.0581. The third-order valence-corrected chi connectivity index (χ3v) is 4.36. The van der Waals surface area contributed by atoms with Gasteiger partial charge in [-0.25, -0.2) is 4.39 Å². The molecule has 28 heavy (non-hydrogen) atoms. The van der Waals surface area contributed by atoms with Crippen molar-refractivity contribution in [2.45, 2.75) is 58.0 Å². The Labute approximate surface area is 164 Å². The van der Waals surface area contributed by atoms with E-state index in [0.717, 1.165) is 6.07 Å². The Kier molecular flexibility index (Phi) is 11.0. The molecule has 2 atom stereocenters. The molecule has 7 heteroatoms.